The Kier molecular flexibility index (Phi) is 3.27. The maximum absolute atomic E-state index is 13.0. The van der Waals surface area contributed by atoms with Gasteiger partial charge in [-0.2, -0.15) is 0 Å². The minimum atomic E-state index is -1.21. The second-order valence-corrected chi connectivity index (χ2v) is 5.68. The van der Waals surface area contributed by atoms with Crippen molar-refractivity contribution in [2.24, 2.45) is 5.92 Å². The van der Waals surface area contributed by atoms with E-state index in [0.29, 0.717) is 5.56 Å². The van der Waals surface area contributed by atoms with Gasteiger partial charge < -0.3 is 4.74 Å². The number of methoxy groups -OCH3 is 1. The summed E-state index contributed by atoms with van der Waals surface area (Å²) < 4.78 is 16.4. The van der Waals surface area contributed by atoms with E-state index in [1.54, 1.807) is 0 Å². The fraction of sp³-hybridized carbons (Fsp3) is 0.364. The van der Waals surface area contributed by atoms with Crippen molar-refractivity contribution in [2.45, 2.75) is 10.3 Å². The molecule has 1 aliphatic carbocycles. The monoisotopic (exact) mass is 296 g/mol. The Bertz CT molecular complexity index is 476. The third kappa shape index (κ3) is 2.12. The first-order chi connectivity index (χ1) is 7.89. The predicted molar refractivity (Wildman–Crippen MR) is 64.1 cm³/mol. The van der Waals surface area contributed by atoms with E-state index < -0.39 is 28.0 Å². The van der Waals surface area contributed by atoms with Crippen LogP contribution < -0.4 is 0 Å². The van der Waals surface area contributed by atoms with Gasteiger partial charge in [-0.05, 0) is 17.7 Å². The lowest BCUT2D eigenvalue weighted by atomic mass is 10.1. The number of esters is 1. The highest BCUT2D eigenvalue weighted by Crippen LogP contribution is 2.65. The number of carbonyl (C=O) groups is 1. The molecule has 0 aromatic heterocycles. The van der Waals surface area contributed by atoms with Crippen LogP contribution in [0, 0.1) is 11.7 Å². The van der Waals surface area contributed by atoms with Crippen LogP contribution in [-0.4, -0.2) is 17.4 Å². The molecule has 2 nitrogen and oxygen atoms in total. The average molecular weight is 298 g/mol. The van der Waals surface area contributed by atoms with Gasteiger partial charge in [-0.3, -0.25) is 4.79 Å². The number of rotatable bonds is 2. The summed E-state index contributed by atoms with van der Waals surface area (Å²) in [6.45, 7) is 0. The molecule has 6 heteroatoms. The first kappa shape index (κ1) is 12.9. The SMILES string of the molecule is COC(=O)C1C(c2ccc(F)c(Cl)c2)C1(Cl)Cl. The first-order valence-electron chi connectivity index (χ1n) is 4.80. The molecule has 92 valence electrons. The molecule has 2 unspecified atom stereocenters. The summed E-state index contributed by atoms with van der Waals surface area (Å²) in [4.78, 5) is 11.4. The second-order valence-electron chi connectivity index (χ2n) is 3.83. The van der Waals surface area contributed by atoms with Crippen molar-refractivity contribution < 1.29 is 13.9 Å². The van der Waals surface area contributed by atoms with Crippen LogP contribution >= 0.6 is 34.8 Å². The Hall–Kier alpha value is -0.510. The maximum atomic E-state index is 13.0. The zero-order valence-corrected chi connectivity index (χ0v) is 11.0. The lowest BCUT2D eigenvalue weighted by Crippen LogP contribution is -2.07. The Morgan fingerprint density at radius 1 is 1.47 bits per heavy atom. The molecule has 0 spiro atoms. The fourth-order valence-electron chi connectivity index (χ4n) is 1.87. The van der Waals surface area contributed by atoms with E-state index in [4.69, 9.17) is 34.8 Å². The molecule has 2 rings (SSSR count). The van der Waals surface area contributed by atoms with E-state index in [9.17, 15) is 9.18 Å². The number of alkyl halides is 2. The van der Waals surface area contributed by atoms with Crippen LogP contribution in [-0.2, 0) is 9.53 Å². The van der Waals surface area contributed by atoms with Gasteiger partial charge >= 0.3 is 5.97 Å². The van der Waals surface area contributed by atoms with Crippen LogP contribution in [0.3, 0.4) is 0 Å². The summed E-state index contributed by atoms with van der Waals surface area (Å²) in [6, 6.07) is 4.15. The van der Waals surface area contributed by atoms with Crippen molar-refractivity contribution >= 4 is 40.8 Å². The number of hydrogen-bond donors (Lipinski definition) is 0. The van der Waals surface area contributed by atoms with Crippen molar-refractivity contribution in [3.63, 3.8) is 0 Å². The fourth-order valence-corrected chi connectivity index (χ4v) is 2.86. The topological polar surface area (TPSA) is 26.3 Å². The highest BCUT2D eigenvalue weighted by Gasteiger charge is 2.68. The van der Waals surface area contributed by atoms with Crippen LogP contribution in [0.5, 0.6) is 0 Å². The Balaban J connectivity index is 2.30. The van der Waals surface area contributed by atoms with E-state index in [-0.39, 0.29) is 5.02 Å². The van der Waals surface area contributed by atoms with E-state index in [1.807, 2.05) is 0 Å². The molecular weight excluding hydrogens is 289 g/mol. The smallest absolute Gasteiger partial charge is 0.312 e. The molecule has 0 N–H and O–H groups in total. The van der Waals surface area contributed by atoms with Gasteiger partial charge in [0, 0.05) is 5.92 Å². The predicted octanol–water partition coefficient (Wildman–Crippen LogP) is 3.54. The number of carbonyl (C=O) groups excluding carboxylic acids is 1. The lowest BCUT2D eigenvalue weighted by molar-refractivity contribution is -0.142. The van der Waals surface area contributed by atoms with Gasteiger partial charge in [0.1, 0.15) is 16.1 Å². The highest BCUT2D eigenvalue weighted by atomic mass is 35.5. The van der Waals surface area contributed by atoms with Gasteiger partial charge in [-0.1, -0.05) is 40.9 Å². The average Bonchev–Trinajstić information content (AvgIpc) is 2.84. The van der Waals surface area contributed by atoms with Crippen molar-refractivity contribution in [3.05, 3.63) is 34.6 Å². The minimum Gasteiger partial charge on any atom is -0.469 e. The summed E-state index contributed by atoms with van der Waals surface area (Å²) in [5.41, 5.74) is 0.622. The third-order valence-electron chi connectivity index (χ3n) is 2.81. The molecule has 0 amide bonds. The quantitative estimate of drug-likeness (QED) is 0.616. The Morgan fingerprint density at radius 3 is 2.65 bits per heavy atom. The number of halogens is 4. The molecule has 0 bridgehead atoms. The van der Waals surface area contributed by atoms with Crippen LogP contribution in [0.25, 0.3) is 0 Å². The number of benzene rings is 1. The maximum Gasteiger partial charge on any atom is 0.312 e. The molecule has 1 aliphatic rings. The zero-order chi connectivity index (χ0) is 12.8. The Labute approximate surface area is 113 Å². The molecule has 0 aliphatic heterocycles. The van der Waals surface area contributed by atoms with Crippen LogP contribution in [0.4, 0.5) is 4.39 Å². The summed E-state index contributed by atoms with van der Waals surface area (Å²) in [7, 11) is 1.26. The molecule has 0 saturated heterocycles. The molecule has 0 heterocycles. The molecule has 1 fully saturated rings. The summed E-state index contributed by atoms with van der Waals surface area (Å²) in [6.07, 6.45) is 0. The molecule has 1 aromatic carbocycles. The van der Waals surface area contributed by atoms with Crippen molar-refractivity contribution in [3.8, 4) is 0 Å². The third-order valence-corrected chi connectivity index (χ3v) is 4.04. The van der Waals surface area contributed by atoms with Gasteiger partial charge in [0.25, 0.3) is 0 Å². The highest BCUT2D eigenvalue weighted by molar-refractivity contribution is 6.53. The van der Waals surface area contributed by atoms with Gasteiger partial charge in [0.05, 0.1) is 12.1 Å². The summed E-state index contributed by atoms with van der Waals surface area (Å²) >= 11 is 17.7. The summed E-state index contributed by atoms with van der Waals surface area (Å²) in [5.74, 6) is -2.07. The molecule has 1 aromatic rings. The van der Waals surface area contributed by atoms with E-state index in [2.05, 4.69) is 4.74 Å². The molecule has 2 atom stereocenters. The molecular formula is C11H8Cl3FO2. The van der Waals surface area contributed by atoms with Crippen LogP contribution in [0.15, 0.2) is 18.2 Å². The minimum absolute atomic E-state index is 0.0258. The van der Waals surface area contributed by atoms with E-state index in [1.165, 1.54) is 25.3 Å². The second kappa shape index (κ2) is 4.30. The van der Waals surface area contributed by atoms with Crippen molar-refractivity contribution in [2.75, 3.05) is 7.11 Å². The first-order valence-corrected chi connectivity index (χ1v) is 5.93. The number of ether oxygens (including phenoxy) is 1. The standard InChI is InChI=1S/C11H8Cl3FO2/c1-17-10(16)9-8(11(9,13)14)5-2-3-7(15)6(12)4-5/h2-4,8-9H,1H3. The van der Waals surface area contributed by atoms with Crippen molar-refractivity contribution in [1.82, 2.24) is 0 Å². The molecule has 17 heavy (non-hydrogen) atoms. The van der Waals surface area contributed by atoms with E-state index in [0.717, 1.165) is 0 Å². The number of hydrogen-bond acceptors (Lipinski definition) is 2. The van der Waals surface area contributed by atoms with Gasteiger partial charge in [0.15, 0.2) is 0 Å². The normalized spacial score (nSPS) is 25.5. The van der Waals surface area contributed by atoms with Crippen molar-refractivity contribution in [1.29, 1.82) is 0 Å². The lowest BCUT2D eigenvalue weighted by Gasteiger charge is -2.01. The zero-order valence-electron chi connectivity index (χ0n) is 8.72. The van der Waals surface area contributed by atoms with Gasteiger partial charge in [0.2, 0.25) is 0 Å². The van der Waals surface area contributed by atoms with Gasteiger partial charge in [-0.25, -0.2) is 4.39 Å². The van der Waals surface area contributed by atoms with Crippen LogP contribution in [0.1, 0.15) is 11.5 Å². The summed E-state index contributed by atoms with van der Waals surface area (Å²) in [5, 5.41) is -0.0258. The largest absolute Gasteiger partial charge is 0.469 e. The molecule has 0 radical (unpaired) electrons. The molecule has 1 saturated carbocycles. The van der Waals surface area contributed by atoms with E-state index >= 15 is 0 Å². The Morgan fingerprint density at radius 2 is 2.12 bits per heavy atom. The van der Waals surface area contributed by atoms with Crippen LogP contribution in [0.2, 0.25) is 5.02 Å². The van der Waals surface area contributed by atoms with Gasteiger partial charge in [-0.15, -0.1) is 0 Å².